The van der Waals surface area contributed by atoms with E-state index in [4.69, 9.17) is 24.0 Å². The molecule has 2 aromatic rings. The summed E-state index contributed by atoms with van der Waals surface area (Å²) in [6.45, 7) is 11.4. The van der Waals surface area contributed by atoms with Crippen molar-refractivity contribution in [1.82, 2.24) is 9.78 Å². The van der Waals surface area contributed by atoms with Crippen molar-refractivity contribution in [3.63, 3.8) is 0 Å². The number of benzene rings is 1. The summed E-state index contributed by atoms with van der Waals surface area (Å²) < 4.78 is 24.8. The van der Waals surface area contributed by atoms with Crippen molar-refractivity contribution in [2.24, 2.45) is 0 Å². The summed E-state index contributed by atoms with van der Waals surface area (Å²) in [5, 5.41) is 5.99. The topological polar surface area (TPSA) is 58.0 Å². The molecule has 1 aliphatic heterocycles. The molecular formula is C22H37N3O4Si. The number of anilines is 1. The highest BCUT2D eigenvalue weighted by Gasteiger charge is 2.21. The molecule has 1 fully saturated rings. The zero-order valence-corrected chi connectivity index (χ0v) is 20.1. The molecule has 168 valence electrons. The van der Waals surface area contributed by atoms with Crippen LogP contribution in [-0.4, -0.2) is 65.0 Å². The van der Waals surface area contributed by atoms with Gasteiger partial charge in [0.25, 0.3) is 0 Å². The maximum atomic E-state index is 5.99. The smallest absolute Gasteiger partial charge is 0.183 e. The van der Waals surface area contributed by atoms with Crippen molar-refractivity contribution < 1.29 is 18.9 Å². The van der Waals surface area contributed by atoms with Crippen LogP contribution in [0.1, 0.15) is 24.7 Å². The number of aromatic nitrogens is 2. The highest BCUT2D eigenvalue weighted by molar-refractivity contribution is 6.76. The molecule has 0 N–H and O–H groups in total. The summed E-state index contributed by atoms with van der Waals surface area (Å²) in [6, 6.07) is 7.48. The van der Waals surface area contributed by atoms with Crippen LogP contribution in [0.15, 0.2) is 18.2 Å². The molecule has 3 rings (SSSR count). The maximum Gasteiger partial charge on any atom is 0.183 e. The molecular weight excluding hydrogens is 398 g/mol. The van der Waals surface area contributed by atoms with Gasteiger partial charge in [0, 0.05) is 52.9 Å². The molecule has 0 atom stereocenters. The summed E-state index contributed by atoms with van der Waals surface area (Å²) in [6.07, 6.45) is 1.59. The second-order valence-corrected chi connectivity index (χ2v) is 14.8. The zero-order valence-electron chi connectivity index (χ0n) is 19.1. The van der Waals surface area contributed by atoms with Gasteiger partial charge in [-0.25, -0.2) is 4.68 Å². The molecule has 2 heterocycles. The summed E-state index contributed by atoms with van der Waals surface area (Å²) in [5.74, 6) is 0.951. The van der Waals surface area contributed by atoms with E-state index in [0.717, 1.165) is 74.1 Å². The zero-order chi connectivity index (χ0) is 21.6. The standard InChI is InChI=1S/C22H37N3O4Si/c1-24(10-6-11-26-2)21-19-16-18(22-28-12-7-13-29-22)8-9-20(19)25(23-21)17-27-14-15-30(3,4)5/h8-9,16,22H,6-7,10-15,17H2,1-5H3. The largest absolute Gasteiger partial charge is 0.385 e. The molecule has 0 spiro atoms. The average molecular weight is 436 g/mol. The lowest BCUT2D eigenvalue weighted by Gasteiger charge is -2.23. The quantitative estimate of drug-likeness (QED) is 0.388. The monoisotopic (exact) mass is 435 g/mol. The van der Waals surface area contributed by atoms with Crippen LogP contribution in [0, 0.1) is 0 Å². The van der Waals surface area contributed by atoms with Crippen LogP contribution in [0.25, 0.3) is 10.9 Å². The Labute approximate surface area is 181 Å². The summed E-state index contributed by atoms with van der Waals surface area (Å²) in [4.78, 5) is 2.19. The van der Waals surface area contributed by atoms with Crippen LogP contribution in [-0.2, 0) is 25.7 Å². The van der Waals surface area contributed by atoms with Crippen LogP contribution in [0.4, 0.5) is 5.82 Å². The number of hydrogen-bond acceptors (Lipinski definition) is 6. The van der Waals surface area contributed by atoms with E-state index in [1.54, 1.807) is 7.11 Å². The van der Waals surface area contributed by atoms with E-state index >= 15 is 0 Å². The number of rotatable bonds is 11. The van der Waals surface area contributed by atoms with Crippen molar-refractivity contribution in [3.8, 4) is 0 Å². The Morgan fingerprint density at radius 3 is 2.67 bits per heavy atom. The SMILES string of the molecule is COCCCN(C)c1nn(COCC[Si](C)(C)C)c2ccc(C3OCCCO3)cc12. The number of ether oxygens (including phenoxy) is 4. The molecule has 1 saturated heterocycles. The van der Waals surface area contributed by atoms with Gasteiger partial charge in [-0.2, -0.15) is 5.10 Å². The first-order valence-corrected chi connectivity index (χ1v) is 14.6. The van der Waals surface area contributed by atoms with E-state index < -0.39 is 8.07 Å². The number of fused-ring (bicyclic) bond motifs is 1. The minimum atomic E-state index is -1.11. The molecule has 0 aliphatic carbocycles. The third-order valence-corrected chi connectivity index (χ3v) is 6.97. The van der Waals surface area contributed by atoms with Crippen LogP contribution in [0.3, 0.4) is 0 Å². The lowest BCUT2D eigenvalue weighted by molar-refractivity contribution is -0.182. The fraction of sp³-hybridized carbons (Fsp3) is 0.682. The fourth-order valence-corrected chi connectivity index (χ4v) is 4.23. The van der Waals surface area contributed by atoms with E-state index in [1.807, 2.05) is 4.68 Å². The number of methoxy groups -OCH3 is 1. The molecule has 0 saturated carbocycles. The van der Waals surface area contributed by atoms with Crippen LogP contribution >= 0.6 is 0 Å². The molecule has 0 radical (unpaired) electrons. The van der Waals surface area contributed by atoms with E-state index in [2.05, 4.69) is 49.8 Å². The van der Waals surface area contributed by atoms with Crippen molar-refractivity contribution in [3.05, 3.63) is 23.8 Å². The Balaban J connectivity index is 1.82. The van der Waals surface area contributed by atoms with Crippen LogP contribution < -0.4 is 4.90 Å². The molecule has 0 unspecified atom stereocenters. The van der Waals surface area contributed by atoms with Gasteiger partial charge in [-0.3, -0.25) is 0 Å². The van der Waals surface area contributed by atoms with Gasteiger partial charge in [0.05, 0.1) is 18.7 Å². The molecule has 30 heavy (non-hydrogen) atoms. The van der Waals surface area contributed by atoms with Gasteiger partial charge in [-0.1, -0.05) is 25.7 Å². The predicted octanol–water partition coefficient (Wildman–Crippen LogP) is 4.26. The number of hydrogen-bond donors (Lipinski definition) is 0. The van der Waals surface area contributed by atoms with Crippen molar-refractivity contribution in [1.29, 1.82) is 0 Å². The molecule has 0 bridgehead atoms. The van der Waals surface area contributed by atoms with Crippen molar-refractivity contribution in [2.75, 3.05) is 52.0 Å². The third kappa shape index (κ3) is 6.27. The van der Waals surface area contributed by atoms with Gasteiger partial charge in [0.15, 0.2) is 12.1 Å². The van der Waals surface area contributed by atoms with Crippen LogP contribution in [0.2, 0.25) is 25.7 Å². The number of nitrogens with zero attached hydrogens (tertiary/aromatic N) is 3. The first-order chi connectivity index (χ1) is 14.4. The first kappa shape index (κ1) is 23.2. The van der Waals surface area contributed by atoms with Gasteiger partial charge in [-0.05, 0) is 31.0 Å². The first-order valence-electron chi connectivity index (χ1n) is 10.9. The Bertz CT molecular complexity index is 800. The van der Waals surface area contributed by atoms with E-state index in [-0.39, 0.29) is 6.29 Å². The highest BCUT2D eigenvalue weighted by atomic mass is 28.3. The van der Waals surface area contributed by atoms with Gasteiger partial charge in [-0.15, -0.1) is 0 Å². The van der Waals surface area contributed by atoms with E-state index in [0.29, 0.717) is 6.73 Å². The lowest BCUT2D eigenvalue weighted by Crippen LogP contribution is -2.22. The predicted molar refractivity (Wildman–Crippen MR) is 123 cm³/mol. The average Bonchev–Trinajstić information content (AvgIpc) is 3.09. The third-order valence-electron chi connectivity index (χ3n) is 5.27. The molecule has 8 heteroatoms. The van der Waals surface area contributed by atoms with E-state index in [1.165, 1.54) is 0 Å². The fourth-order valence-electron chi connectivity index (χ4n) is 3.47. The normalized spacial score (nSPS) is 15.8. The van der Waals surface area contributed by atoms with Gasteiger partial charge >= 0.3 is 0 Å². The molecule has 1 aliphatic rings. The lowest BCUT2D eigenvalue weighted by atomic mass is 10.1. The van der Waals surface area contributed by atoms with E-state index in [9.17, 15) is 0 Å². The minimum Gasteiger partial charge on any atom is -0.385 e. The summed E-state index contributed by atoms with van der Waals surface area (Å²) in [7, 11) is 2.70. The van der Waals surface area contributed by atoms with Crippen molar-refractivity contribution >= 4 is 24.8 Å². The maximum absolute atomic E-state index is 5.99. The molecule has 1 aromatic heterocycles. The van der Waals surface area contributed by atoms with Crippen LogP contribution in [0.5, 0.6) is 0 Å². The Hall–Kier alpha value is -1.45. The van der Waals surface area contributed by atoms with Gasteiger partial charge < -0.3 is 23.8 Å². The Kier molecular flexibility index (Phi) is 8.30. The second-order valence-electron chi connectivity index (χ2n) is 9.14. The highest BCUT2D eigenvalue weighted by Crippen LogP contribution is 2.31. The summed E-state index contributed by atoms with van der Waals surface area (Å²) in [5.41, 5.74) is 2.10. The molecule has 0 amide bonds. The second kappa shape index (κ2) is 10.7. The van der Waals surface area contributed by atoms with Gasteiger partial charge in [0.1, 0.15) is 6.73 Å². The Morgan fingerprint density at radius 1 is 1.20 bits per heavy atom. The van der Waals surface area contributed by atoms with Gasteiger partial charge in [0.2, 0.25) is 0 Å². The Morgan fingerprint density at radius 2 is 1.97 bits per heavy atom. The minimum absolute atomic E-state index is 0.300. The summed E-state index contributed by atoms with van der Waals surface area (Å²) >= 11 is 0. The molecule has 7 nitrogen and oxygen atoms in total. The molecule has 1 aromatic carbocycles. The van der Waals surface area contributed by atoms with Crippen molar-refractivity contribution in [2.45, 2.75) is 51.5 Å².